The van der Waals surface area contributed by atoms with Gasteiger partial charge in [0.05, 0.1) is 14.2 Å². The molecule has 1 aliphatic carbocycles. The summed E-state index contributed by atoms with van der Waals surface area (Å²) >= 11 is 10.3. The smallest absolute Gasteiger partial charge is 0.145 e. The van der Waals surface area contributed by atoms with Crippen molar-refractivity contribution in [1.82, 2.24) is 0 Å². The molecule has 0 saturated heterocycles. The zero-order valence-electron chi connectivity index (χ0n) is 12.3. The summed E-state index contributed by atoms with van der Waals surface area (Å²) in [4.78, 5) is 0.244. The van der Waals surface area contributed by atoms with E-state index < -0.39 is 0 Å². The normalized spacial score (nSPS) is 19.4. The molecule has 0 heterocycles. The lowest BCUT2D eigenvalue weighted by Crippen LogP contribution is -2.25. The first-order valence-electron chi connectivity index (χ1n) is 7.08. The number of ether oxygens (including phenoxy) is 2. The van der Waals surface area contributed by atoms with E-state index in [2.05, 4.69) is 28.9 Å². The highest BCUT2D eigenvalue weighted by Gasteiger charge is 2.36. The molecule has 4 heteroatoms. The van der Waals surface area contributed by atoms with Crippen molar-refractivity contribution in [1.29, 1.82) is 0 Å². The molecule has 112 valence electrons. The van der Waals surface area contributed by atoms with Gasteiger partial charge in [0.1, 0.15) is 16.5 Å². The number of rotatable bonds is 4. The molecular weight excluding hydrogens is 340 g/mol. The summed E-state index contributed by atoms with van der Waals surface area (Å²) < 4.78 is 10.8. The molecule has 0 amide bonds. The minimum absolute atomic E-state index is 0.244. The molecule has 1 saturated carbocycles. The van der Waals surface area contributed by atoms with Crippen LogP contribution in [0.15, 0.2) is 12.1 Å². The molecule has 0 N–H and O–H groups in total. The van der Waals surface area contributed by atoms with E-state index in [4.69, 9.17) is 21.1 Å². The molecule has 1 atom stereocenters. The van der Waals surface area contributed by atoms with Crippen LogP contribution in [0.2, 0.25) is 5.02 Å². The number of benzene rings is 1. The standard InChI is InChI=1S/C16H22BrClO2/c1-16(9-5-4-6-10-16)15(17)11-7-8-12(19-2)13(18)14(11)20-3/h7-8,15H,4-6,9-10H2,1-3H3. The molecule has 2 rings (SSSR count). The topological polar surface area (TPSA) is 18.5 Å². The molecular formula is C16H22BrClO2. The minimum atomic E-state index is 0.244. The molecule has 1 unspecified atom stereocenters. The van der Waals surface area contributed by atoms with E-state index in [9.17, 15) is 0 Å². The van der Waals surface area contributed by atoms with Crippen LogP contribution >= 0.6 is 27.5 Å². The average Bonchev–Trinajstić information content (AvgIpc) is 2.47. The van der Waals surface area contributed by atoms with Gasteiger partial charge in [0.15, 0.2) is 0 Å². The highest BCUT2D eigenvalue weighted by Crippen LogP contribution is 2.53. The third-order valence-corrected chi connectivity index (χ3v) is 6.35. The summed E-state index contributed by atoms with van der Waals surface area (Å²) in [7, 11) is 3.28. The minimum Gasteiger partial charge on any atom is -0.495 e. The second-order valence-electron chi connectivity index (χ2n) is 5.78. The monoisotopic (exact) mass is 360 g/mol. The molecule has 0 spiro atoms. The molecule has 2 nitrogen and oxygen atoms in total. The van der Waals surface area contributed by atoms with Gasteiger partial charge in [0.25, 0.3) is 0 Å². The van der Waals surface area contributed by atoms with Crippen molar-refractivity contribution in [2.75, 3.05) is 14.2 Å². The van der Waals surface area contributed by atoms with Crippen LogP contribution in [0.1, 0.15) is 49.4 Å². The first kappa shape index (κ1) is 16.0. The van der Waals surface area contributed by atoms with Crippen LogP contribution in [0.5, 0.6) is 11.5 Å². The van der Waals surface area contributed by atoms with E-state index in [1.807, 2.05) is 6.07 Å². The Bertz CT molecular complexity index is 470. The van der Waals surface area contributed by atoms with E-state index >= 15 is 0 Å². The maximum atomic E-state index is 6.37. The van der Waals surface area contributed by atoms with E-state index in [1.165, 1.54) is 32.1 Å². The zero-order chi connectivity index (χ0) is 14.8. The van der Waals surface area contributed by atoms with Crippen molar-refractivity contribution >= 4 is 27.5 Å². The highest BCUT2D eigenvalue weighted by atomic mass is 79.9. The van der Waals surface area contributed by atoms with Gasteiger partial charge in [0, 0.05) is 10.4 Å². The Kier molecular flexibility index (Phi) is 5.25. The molecule has 20 heavy (non-hydrogen) atoms. The number of alkyl halides is 1. The Morgan fingerprint density at radius 3 is 2.35 bits per heavy atom. The van der Waals surface area contributed by atoms with Crippen molar-refractivity contribution in [3.05, 3.63) is 22.7 Å². The maximum absolute atomic E-state index is 6.37. The van der Waals surface area contributed by atoms with Gasteiger partial charge in [-0.2, -0.15) is 0 Å². The van der Waals surface area contributed by atoms with E-state index in [0.717, 1.165) is 11.3 Å². The molecule has 0 aliphatic heterocycles. The first-order chi connectivity index (χ1) is 9.53. The number of methoxy groups -OCH3 is 2. The largest absolute Gasteiger partial charge is 0.495 e. The van der Waals surface area contributed by atoms with Crippen molar-refractivity contribution in [2.45, 2.75) is 43.9 Å². The molecule has 0 radical (unpaired) electrons. The van der Waals surface area contributed by atoms with Crippen LogP contribution in [0.4, 0.5) is 0 Å². The molecule has 0 bridgehead atoms. The molecule has 1 fully saturated rings. The Morgan fingerprint density at radius 2 is 1.80 bits per heavy atom. The van der Waals surface area contributed by atoms with Gasteiger partial charge in [-0.3, -0.25) is 0 Å². The Labute approximate surface area is 134 Å². The molecule has 0 aromatic heterocycles. The average molecular weight is 362 g/mol. The fourth-order valence-corrected chi connectivity index (χ4v) is 4.25. The van der Waals surface area contributed by atoms with Crippen molar-refractivity contribution in [2.24, 2.45) is 5.41 Å². The van der Waals surface area contributed by atoms with Gasteiger partial charge in [-0.25, -0.2) is 0 Å². The van der Waals surface area contributed by atoms with Gasteiger partial charge in [-0.15, -0.1) is 0 Å². The number of hydrogen-bond donors (Lipinski definition) is 0. The predicted octanol–water partition coefficient (Wildman–Crippen LogP) is 5.76. The fourth-order valence-electron chi connectivity index (χ4n) is 3.11. The summed E-state index contributed by atoms with van der Waals surface area (Å²) in [5.41, 5.74) is 1.37. The summed E-state index contributed by atoms with van der Waals surface area (Å²) in [5, 5.41) is 0.552. The van der Waals surface area contributed by atoms with Crippen molar-refractivity contribution < 1.29 is 9.47 Å². The number of hydrogen-bond acceptors (Lipinski definition) is 2. The SMILES string of the molecule is COc1ccc(C(Br)C2(C)CCCCC2)c(OC)c1Cl. The van der Waals surface area contributed by atoms with E-state index in [-0.39, 0.29) is 10.2 Å². The highest BCUT2D eigenvalue weighted by molar-refractivity contribution is 9.09. The first-order valence-corrected chi connectivity index (χ1v) is 8.37. The quantitative estimate of drug-likeness (QED) is 0.634. The fraction of sp³-hybridized carbons (Fsp3) is 0.625. The van der Waals surface area contributed by atoms with Gasteiger partial charge in [-0.05, 0) is 24.3 Å². The Hall–Kier alpha value is -0.410. The second-order valence-corrected chi connectivity index (χ2v) is 7.08. The Morgan fingerprint density at radius 1 is 1.15 bits per heavy atom. The second kappa shape index (κ2) is 6.57. The lowest BCUT2D eigenvalue weighted by atomic mass is 9.72. The summed E-state index contributed by atoms with van der Waals surface area (Å²) in [6, 6.07) is 3.98. The molecule has 1 aliphatic rings. The van der Waals surface area contributed by atoms with Crippen LogP contribution < -0.4 is 9.47 Å². The van der Waals surface area contributed by atoms with Crippen LogP contribution in [0, 0.1) is 5.41 Å². The lowest BCUT2D eigenvalue weighted by Gasteiger charge is -2.38. The predicted molar refractivity (Wildman–Crippen MR) is 87.4 cm³/mol. The third kappa shape index (κ3) is 2.94. The molecule has 1 aromatic carbocycles. The third-order valence-electron chi connectivity index (χ3n) is 4.40. The summed E-state index contributed by atoms with van der Waals surface area (Å²) in [5.74, 6) is 1.38. The van der Waals surface area contributed by atoms with E-state index in [0.29, 0.717) is 10.8 Å². The van der Waals surface area contributed by atoms with E-state index in [1.54, 1.807) is 14.2 Å². The Balaban J connectivity index is 2.38. The summed E-state index contributed by atoms with van der Waals surface area (Å²) in [6.45, 7) is 2.35. The van der Waals surface area contributed by atoms with Crippen LogP contribution in [-0.4, -0.2) is 14.2 Å². The van der Waals surface area contributed by atoms with Crippen LogP contribution in [-0.2, 0) is 0 Å². The zero-order valence-corrected chi connectivity index (χ0v) is 14.7. The van der Waals surface area contributed by atoms with Gasteiger partial charge < -0.3 is 9.47 Å². The van der Waals surface area contributed by atoms with Crippen molar-refractivity contribution in [3.63, 3.8) is 0 Å². The maximum Gasteiger partial charge on any atom is 0.145 e. The van der Waals surface area contributed by atoms with Crippen LogP contribution in [0.3, 0.4) is 0 Å². The molecule has 1 aromatic rings. The summed E-state index contributed by atoms with van der Waals surface area (Å²) in [6.07, 6.45) is 6.40. The van der Waals surface area contributed by atoms with Gasteiger partial charge in [0.2, 0.25) is 0 Å². The van der Waals surface area contributed by atoms with Crippen LogP contribution in [0.25, 0.3) is 0 Å². The number of halogens is 2. The lowest BCUT2D eigenvalue weighted by molar-refractivity contribution is 0.210. The van der Waals surface area contributed by atoms with Gasteiger partial charge >= 0.3 is 0 Å². The van der Waals surface area contributed by atoms with Crippen molar-refractivity contribution in [3.8, 4) is 11.5 Å². The van der Waals surface area contributed by atoms with Gasteiger partial charge in [-0.1, -0.05) is 59.8 Å².